The van der Waals surface area contributed by atoms with Crippen LogP contribution in [0.15, 0.2) is 72.8 Å². The molecule has 1 aliphatic carbocycles. The van der Waals surface area contributed by atoms with Crippen LogP contribution in [0.25, 0.3) is 0 Å². The molecule has 1 aliphatic rings. The predicted octanol–water partition coefficient (Wildman–Crippen LogP) is 9.63. The van der Waals surface area contributed by atoms with Gasteiger partial charge in [0.2, 0.25) is 17.8 Å². The van der Waals surface area contributed by atoms with Gasteiger partial charge in [0, 0.05) is 17.1 Å². The number of nitrogens with one attached hydrogen (secondary N) is 3. The molecule has 0 saturated heterocycles. The Bertz CT molecular complexity index is 1750. The number of ether oxygens (including phenoxy) is 3. The monoisotopic (exact) mass is 736 g/mol. The molecular formula is C42H52N6O6. The van der Waals surface area contributed by atoms with Gasteiger partial charge in [-0.1, -0.05) is 53.9 Å². The summed E-state index contributed by atoms with van der Waals surface area (Å²) in [6, 6.07) is 20.7. The summed E-state index contributed by atoms with van der Waals surface area (Å²) < 4.78 is 16.7. The topological polar surface area (TPSA) is 154 Å². The summed E-state index contributed by atoms with van der Waals surface area (Å²) in [6.45, 7) is 11.4. The van der Waals surface area contributed by atoms with Crippen molar-refractivity contribution in [3.05, 3.63) is 89.5 Å². The first-order chi connectivity index (χ1) is 26.1. The first kappa shape index (κ1) is 39.7. The highest BCUT2D eigenvalue weighted by atomic mass is 16.5. The first-order valence-electron chi connectivity index (χ1n) is 19.0. The number of rotatable bonds is 17. The molecule has 3 aromatic carbocycles. The predicted molar refractivity (Wildman–Crippen MR) is 210 cm³/mol. The molecule has 286 valence electrons. The van der Waals surface area contributed by atoms with Crippen LogP contribution in [-0.4, -0.2) is 52.2 Å². The van der Waals surface area contributed by atoms with Crippen molar-refractivity contribution >= 4 is 52.8 Å². The minimum absolute atomic E-state index is 0.0900. The molecule has 12 heteroatoms. The average molecular weight is 737 g/mol. The van der Waals surface area contributed by atoms with Gasteiger partial charge in [0.05, 0.1) is 29.9 Å². The van der Waals surface area contributed by atoms with Gasteiger partial charge in [0.1, 0.15) is 6.10 Å². The molecule has 1 fully saturated rings. The second kappa shape index (κ2) is 19.5. The van der Waals surface area contributed by atoms with E-state index < -0.39 is 0 Å². The lowest BCUT2D eigenvalue weighted by Crippen LogP contribution is -2.35. The van der Waals surface area contributed by atoms with Crippen LogP contribution >= 0.6 is 0 Å². The molecule has 1 saturated carbocycles. The fourth-order valence-corrected chi connectivity index (χ4v) is 6.24. The average Bonchev–Trinajstić information content (AvgIpc) is 3.15. The van der Waals surface area contributed by atoms with Gasteiger partial charge < -0.3 is 30.2 Å². The van der Waals surface area contributed by atoms with Gasteiger partial charge in [0.25, 0.3) is 0 Å². The number of hydrogen-bond acceptors (Lipinski definition) is 12. The van der Waals surface area contributed by atoms with Gasteiger partial charge in [-0.15, -0.1) is 0 Å². The maximum absolute atomic E-state index is 13.2. The summed E-state index contributed by atoms with van der Waals surface area (Å²) in [4.78, 5) is 51.7. The minimum Gasteiger partial charge on any atom is -0.462 e. The maximum Gasteiger partial charge on any atom is 0.338 e. The van der Waals surface area contributed by atoms with Crippen molar-refractivity contribution in [3.8, 4) is 0 Å². The number of carbonyl (C=O) groups is 3. The fourth-order valence-electron chi connectivity index (χ4n) is 6.24. The molecule has 5 rings (SSSR count). The van der Waals surface area contributed by atoms with Crippen LogP contribution in [-0.2, 0) is 14.2 Å². The minimum atomic E-state index is -0.379. The molecule has 0 amide bonds. The Hall–Kier alpha value is -5.52. The molecule has 3 unspecified atom stereocenters. The van der Waals surface area contributed by atoms with Gasteiger partial charge in [-0.05, 0) is 116 Å². The Balaban J connectivity index is 1.32. The third-order valence-corrected chi connectivity index (χ3v) is 9.45. The second-order valence-electron chi connectivity index (χ2n) is 14.2. The van der Waals surface area contributed by atoms with Crippen molar-refractivity contribution in [2.45, 2.75) is 85.7 Å². The summed E-state index contributed by atoms with van der Waals surface area (Å²) in [5.74, 6) is 0.927. The van der Waals surface area contributed by atoms with Crippen LogP contribution < -0.4 is 16.0 Å². The SMILES string of the molecule is CCCCOC(=O)c1ccc(Nc2nc(Nc3ccc(C(=O)OCCCC)cc3)nc(Nc3ccc(C(=O)OC4CC(C)CCC4C(C)C)cc3)n2)cc1. The number of aromatic nitrogens is 3. The van der Waals surface area contributed by atoms with Crippen LogP contribution in [0.3, 0.4) is 0 Å². The highest BCUT2D eigenvalue weighted by Gasteiger charge is 2.33. The lowest BCUT2D eigenvalue weighted by atomic mass is 9.75. The summed E-state index contributed by atoms with van der Waals surface area (Å²) in [5.41, 5.74) is 3.29. The molecule has 54 heavy (non-hydrogen) atoms. The van der Waals surface area contributed by atoms with E-state index in [9.17, 15) is 14.4 Å². The van der Waals surface area contributed by atoms with Crippen molar-refractivity contribution < 1.29 is 28.6 Å². The van der Waals surface area contributed by atoms with E-state index in [0.29, 0.717) is 64.7 Å². The number of nitrogens with zero attached hydrogens (tertiary/aromatic N) is 3. The molecule has 12 nitrogen and oxygen atoms in total. The van der Waals surface area contributed by atoms with Gasteiger partial charge in [-0.2, -0.15) is 15.0 Å². The Morgan fingerprint density at radius 2 is 1.02 bits per heavy atom. The fraction of sp³-hybridized carbons (Fsp3) is 0.429. The van der Waals surface area contributed by atoms with E-state index in [1.54, 1.807) is 72.8 Å². The van der Waals surface area contributed by atoms with Crippen molar-refractivity contribution in [1.29, 1.82) is 0 Å². The molecule has 1 aromatic heterocycles. The summed E-state index contributed by atoms with van der Waals surface area (Å²) in [7, 11) is 0. The van der Waals surface area contributed by atoms with E-state index in [-0.39, 0.29) is 41.9 Å². The van der Waals surface area contributed by atoms with Crippen molar-refractivity contribution in [3.63, 3.8) is 0 Å². The second-order valence-corrected chi connectivity index (χ2v) is 14.2. The standard InChI is InChI=1S/C42H52N6O6/c1-6-8-24-52-37(49)29-11-17-32(18-12-29)43-40-46-41(44-33-19-13-30(14-20-33)38(50)53-25-9-7-2)48-42(47-40)45-34-21-15-31(16-22-34)39(51)54-36-26-28(5)10-23-35(36)27(3)4/h11-22,27-28,35-36H,6-10,23-26H2,1-5H3,(H3,43,44,45,46,47,48). The van der Waals surface area contributed by atoms with Crippen LogP contribution in [0.1, 0.15) is 111 Å². The summed E-state index contributed by atoms with van der Waals surface area (Å²) >= 11 is 0. The lowest BCUT2D eigenvalue weighted by molar-refractivity contribution is -0.0174. The molecule has 3 N–H and O–H groups in total. The summed E-state index contributed by atoms with van der Waals surface area (Å²) in [6.07, 6.45) is 6.51. The van der Waals surface area contributed by atoms with E-state index in [2.05, 4.69) is 51.7 Å². The molecule has 0 radical (unpaired) electrons. The van der Waals surface area contributed by atoms with Gasteiger partial charge in [0.15, 0.2) is 0 Å². The maximum atomic E-state index is 13.2. The van der Waals surface area contributed by atoms with E-state index in [1.165, 1.54) is 0 Å². The van der Waals surface area contributed by atoms with Crippen LogP contribution in [0.5, 0.6) is 0 Å². The lowest BCUT2D eigenvalue weighted by Gasteiger charge is -2.36. The third-order valence-electron chi connectivity index (χ3n) is 9.45. The Morgan fingerprint density at radius 1 is 0.630 bits per heavy atom. The molecule has 0 bridgehead atoms. The van der Waals surface area contributed by atoms with Crippen molar-refractivity contribution in [2.24, 2.45) is 17.8 Å². The smallest absolute Gasteiger partial charge is 0.338 e. The molecule has 4 aromatic rings. The van der Waals surface area contributed by atoms with E-state index >= 15 is 0 Å². The molecule has 3 atom stereocenters. The van der Waals surface area contributed by atoms with E-state index in [1.807, 2.05) is 13.8 Å². The zero-order valence-electron chi connectivity index (χ0n) is 31.9. The van der Waals surface area contributed by atoms with Crippen LogP contribution in [0.2, 0.25) is 0 Å². The van der Waals surface area contributed by atoms with Gasteiger partial charge >= 0.3 is 17.9 Å². The normalized spacial score (nSPS) is 16.7. The third kappa shape index (κ3) is 11.5. The quantitative estimate of drug-likeness (QED) is 0.0537. The van der Waals surface area contributed by atoms with Gasteiger partial charge in [-0.25, -0.2) is 14.4 Å². The number of hydrogen-bond donors (Lipinski definition) is 3. The molecular weight excluding hydrogens is 684 g/mol. The Morgan fingerprint density at radius 3 is 1.39 bits per heavy atom. The zero-order chi connectivity index (χ0) is 38.5. The Kier molecular flexibility index (Phi) is 14.3. The Labute approximate surface area is 317 Å². The highest BCUT2D eigenvalue weighted by molar-refractivity contribution is 5.91. The van der Waals surface area contributed by atoms with Gasteiger partial charge in [-0.3, -0.25) is 0 Å². The largest absolute Gasteiger partial charge is 0.462 e. The number of esters is 3. The van der Waals surface area contributed by atoms with E-state index in [4.69, 9.17) is 14.2 Å². The molecule has 1 heterocycles. The van der Waals surface area contributed by atoms with Crippen molar-refractivity contribution in [2.75, 3.05) is 29.2 Å². The first-order valence-corrected chi connectivity index (χ1v) is 19.0. The molecule has 0 spiro atoms. The highest BCUT2D eigenvalue weighted by Crippen LogP contribution is 2.36. The number of anilines is 6. The number of carbonyl (C=O) groups excluding carboxylic acids is 3. The number of benzene rings is 3. The summed E-state index contributed by atoms with van der Waals surface area (Å²) in [5, 5.41) is 9.58. The molecule has 0 aliphatic heterocycles. The zero-order valence-corrected chi connectivity index (χ0v) is 31.9. The van der Waals surface area contributed by atoms with E-state index in [0.717, 1.165) is 44.9 Å². The van der Waals surface area contributed by atoms with Crippen LogP contribution in [0, 0.1) is 17.8 Å². The van der Waals surface area contributed by atoms with Crippen molar-refractivity contribution in [1.82, 2.24) is 15.0 Å². The number of unbranched alkanes of at least 4 members (excludes halogenated alkanes) is 2. The van der Waals surface area contributed by atoms with Crippen LogP contribution in [0.4, 0.5) is 34.9 Å².